The fourth-order valence-corrected chi connectivity index (χ4v) is 3.74. The van der Waals surface area contributed by atoms with Crippen LogP contribution in [0.5, 0.6) is 5.75 Å². The molecule has 0 aliphatic carbocycles. The molecule has 1 N–H and O–H groups in total. The number of benzene rings is 2. The Labute approximate surface area is 177 Å². The molecule has 0 unspecified atom stereocenters. The Morgan fingerprint density at radius 1 is 1.23 bits per heavy atom. The fourth-order valence-electron chi connectivity index (χ4n) is 2.85. The SMILES string of the molecule is CC(C)C1=NN2C(=N)/C(=C/c3cccc(OCc4ccc(F)cc4)c3)C(=O)N=C2S1. The third-order valence-corrected chi connectivity index (χ3v) is 5.66. The van der Waals surface area contributed by atoms with Crippen LogP contribution in [0.4, 0.5) is 4.39 Å². The van der Waals surface area contributed by atoms with Gasteiger partial charge in [-0.2, -0.15) is 15.1 Å². The van der Waals surface area contributed by atoms with Crippen LogP contribution in [0.1, 0.15) is 25.0 Å². The van der Waals surface area contributed by atoms with Gasteiger partial charge in [0.2, 0.25) is 5.17 Å². The molecule has 2 aromatic carbocycles. The summed E-state index contributed by atoms with van der Waals surface area (Å²) >= 11 is 1.32. The number of hydrogen-bond donors (Lipinski definition) is 1. The second kappa shape index (κ2) is 8.23. The number of hydrogen-bond acceptors (Lipinski definition) is 5. The predicted octanol–water partition coefficient (Wildman–Crippen LogP) is 4.68. The molecule has 2 heterocycles. The summed E-state index contributed by atoms with van der Waals surface area (Å²) in [4.78, 5) is 16.6. The van der Waals surface area contributed by atoms with Crippen molar-refractivity contribution in [3.63, 3.8) is 0 Å². The second-order valence-electron chi connectivity index (χ2n) is 7.10. The van der Waals surface area contributed by atoms with Crippen LogP contribution in [-0.4, -0.2) is 27.0 Å². The van der Waals surface area contributed by atoms with Gasteiger partial charge in [0.15, 0.2) is 5.84 Å². The average molecular weight is 422 g/mol. The predicted molar refractivity (Wildman–Crippen MR) is 117 cm³/mol. The Morgan fingerprint density at radius 3 is 2.73 bits per heavy atom. The molecule has 152 valence electrons. The maximum absolute atomic E-state index is 13.0. The summed E-state index contributed by atoms with van der Waals surface area (Å²) in [6.45, 7) is 4.30. The number of rotatable bonds is 5. The van der Waals surface area contributed by atoms with Crippen molar-refractivity contribution in [2.75, 3.05) is 0 Å². The van der Waals surface area contributed by atoms with Crippen LogP contribution in [0.2, 0.25) is 0 Å². The molecule has 4 rings (SSSR count). The maximum atomic E-state index is 13.0. The summed E-state index contributed by atoms with van der Waals surface area (Å²) in [5.41, 5.74) is 1.72. The van der Waals surface area contributed by atoms with E-state index in [4.69, 9.17) is 10.1 Å². The van der Waals surface area contributed by atoms with Gasteiger partial charge in [0.05, 0.1) is 5.57 Å². The van der Waals surface area contributed by atoms with Crippen LogP contribution in [0.25, 0.3) is 6.08 Å². The number of amides is 1. The molecule has 1 amide bonds. The van der Waals surface area contributed by atoms with Gasteiger partial charge in [0.1, 0.15) is 23.2 Å². The van der Waals surface area contributed by atoms with E-state index in [0.29, 0.717) is 23.1 Å². The first kappa shape index (κ1) is 20.0. The van der Waals surface area contributed by atoms with Crippen molar-refractivity contribution >= 4 is 39.8 Å². The van der Waals surface area contributed by atoms with E-state index in [2.05, 4.69) is 10.1 Å². The molecule has 2 aromatic rings. The monoisotopic (exact) mass is 422 g/mol. The molecule has 8 heteroatoms. The summed E-state index contributed by atoms with van der Waals surface area (Å²) in [6.07, 6.45) is 1.61. The lowest BCUT2D eigenvalue weighted by atomic mass is 10.1. The second-order valence-corrected chi connectivity index (χ2v) is 8.09. The lowest BCUT2D eigenvalue weighted by molar-refractivity contribution is -0.114. The summed E-state index contributed by atoms with van der Waals surface area (Å²) < 4.78 is 18.8. The topological polar surface area (TPSA) is 78.1 Å². The number of halogens is 1. The van der Waals surface area contributed by atoms with Crippen molar-refractivity contribution in [2.45, 2.75) is 20.5 Å². The average Bonchev–Trinajstić information content (AvgIpc) is 3.16. The highest BCUT2D eigenvalue weighted by Gasteiger charge is 2.36. The van der Waals surface area contributed by atoms with Crippen molar-refractivity contribution in [2.24, 2.45) is 16.0 Å². The van der Waals surface area contributed by atoms with E-state index in [9.17, 15) is 9.18 Å². The van der Waals surface area contributed by atoms with E-state index in [1.54, 1.807) is 36.4 Å². The number of amidine groups is 2. The molecule has 0 saturated heterocycles. The largest absolute Gasteiger partial charge is 0.489 e. The number of carbonyl (C=O) groups excluding carboxylic acids is 1. The molecular weight excluding hydrogens is 403 g/mol. The van der Waals surface area contributed by atoms with E-state index in [1.807, 2.05) is 19.9 Å². The van der Waals surface area contributed by atoms with Gasteiger partial charge in [0, 0.05) is 5.92 Å². The van der Waals surface area contributed by atoms with Crippen molar-refractivity contribution in [1.29, 1.82) is 5.41 Å². The smallest absolute Gasteiger partial charge is 0.283 e. The van der Waals surface area contributed by atoms with Gasteiger partial charge in [-0.25, -0.2) is 4.39 Å². The van der Waals surface area contributed by atoms with Gasteiger partial charge in [0.25, 0.3) is 5.91 Å². The minimum atomic E-state index is -0.461. The van der Waals surface area contributed by atoms with E-state index in [1.165, 1.54) is 28.9 Å². The highest BCUT2D eigenvalue weighted by atomic mass is 32.2. The van der Waals surface area contributed by atoms with Gasteiger partial charge >= 0.3 is 0 Å². The van der Waals surface area contributed by atoms with Gasteiger partial charge < -0.3 is 4.74 Å². The van der Waals surface area contributed by atoms with Crippen LogP contribution >= 0.6 is 11.8 Å². The van der Waals surface area contributed by atoms with Crippen LogP contribution in [0.15, 0.2) is 64.2 Å². The summed E-state index contributed by atoms with van der Waals surface area (Å²) in [7, 11) is 0. The Kier molecular flexibility index (Phi) is 5.50. The van der Waals surface area contributed by atoms with E-state index >= 15 is 0 Å². The number of hydrazone groups is 1. The molecule has 0 fully saturated rings. The molecular formula is C22H19FN4O2S. The number of fused-ring (bicyclic) bond motifs is 1. The summed E-state index contributed by atoms with van der Waals surface area (Å²) in [5.74, 6) is 0.0412. The first-order valence-electron chi connectivity index (χ1n) is 9.38. The van der Waals surface area contributed by atoms with Gasteiger partial charge in [-0.3, -0.25) is 10.2 Å². The van der Waals surface area contributed by atoms with E-state index in [-0.39, 0.29) is 23.1 Å². The third-order valence-electron chi connectivity index (χ3n) is 4.45. The number of carbonyl (C=O) groups is 1. The first-order valence-corrected chi connectivity index (χ1v) is 10.2. The zero-order chi connectivity index (χ0) is 21.3. The van der Waals surface area contributed by atoms with Crippen molar-refractivity contribution in [1.82, 2.24) is 5.01 Å². The molecule has 0 radical (unpaired) electrons. The quantitative estimate of drug-likeness (QED) is 0.710. The zero-order valence-electron chi connectivity index (χ0n) is 16.4. The zero-order valence-corrected chi connectivity index (χ0v) is 17.2. The number of thioether (sulfide) groups is 1. The van der Waals surface area contributed by atoms with Crippen molar-refractivity contribution in [3.8, 4) is 5.75 Å². The van der Waals surface area contributed by atoms with Crippen LogP contribution < -0.4 is 4.74 Å². The standard InChI is InChI=1S/C22H19FN4O2S/c1-13(2)21-26-27-19(24)18(20(28)25-22(27)30-21)11-15-4-3-5-17(10-15)29-12-14-6-8-16(23)9-7-14/h3-11,13,24H,12H2,1-2H3/b18-11-,24-19?. The molecule has 0 aromatic heterocycles. The van der Waals surface area contributed by atoms with Gasteiger partial charge in [-0.1, -0.05) is 38.1 Å². The lowest BCUT2D eigenvalue weighted by Gasteiger charge is -2.20. The van der Waals surface area contributed by atoms with Crippen LogP contribution in [-0.2, 0) is 11.4 Å². The number of nitrogens with one attached hydrogen (secondary N) is 1. The molecule has 2 aliphatic heterocycles. The Balaban J connectivity index is 1.53. The normalized spacial score (nSPS) is 17.3. The molecule has 0 saturated carbocycles. The third kappa shape index (κ3) is 4.18. The van der Waals surface area contributed by atoms with E-state index < -0.39 is 5.91 Å². The van der Waals surface area contributed by atoms with Gasteiger partial charge in [-0.05, 0) is 53.2 Å². The number of nitrogens with zero attached hydrogens (tertiary/aromatic N) is 3. The molecule has 0 bridgehead atoms. The van der Waals surface area contributed by atoms with Crippen molar-refractivity contribution < 1.29 is 13.9 Å². The summed E-state index contributed by atoms with van der Waals surface area (Å²) in [6, 6.07) is 13.3. The molecule has 30 heavy (non-hydrogen) atoms. The van der Waals surface area contributed by atoms with Crippen molar-refractivity contribution in [3.05, 3.63) is 71.0 Å². The summed E-state index contributed by atoms with van der Waals surface area (Å²) in [5, 5.41) is 15.5. The number of aliphatic imine (C=N–C) groups is 1. The molecule has 6 nitrogen and oxygen atoms in total. The minimum absolute atomic E-state index is 0.00536. The molecule has 2 aliphatic rings. The minimum Gasteiger partial charge on any atom is -0.489 e. The van der Waals surface area contributed by atoms with Crippen LogP contribution in [0.3, 0.4) is 0 Å². The Morgan fingerprint density at radius 2 is 2.00 bits per heavy atom. The Bertz CT molecular complexity index is 1110. The van der Waals surface area contributed by atoms with Crippen LogP contribution in [0, 0.1) is 17.1 Å². The Hall–Kier alpha value is -3.26. The van der Waals surface area contributed by atoms with Gasteiger partial charge in [-0.15, -0.1) is 0 Å². The molecule has 0 spiro atoms. The number of ether oxygens (including phenoxy) is 1. The van der Waals surface area contributed by atoms with E-state index in [0.717, 1.165) is 10.6 Å². The first-order chi connectivity index (χ1) is 14.4. The lowest BCUT2D eigenvalue weighted by Crippen LogP contribution is -2.35. The fraction of sp³-hybridized carbons (Fsp3) is 0.182. The maximum Gasteiger partial charge on any atom is 0.283 e. The highest BCUT2D eigenvalue weighted by molar-refractivity contribution is 8.27. The highest BCUT2D eigenvalue weighted by Crippen LogP contribution is 2.31. The molecule has 0 atom stereocenters.